The lowest BCUT2D eigenvalue weighted by Crippen LogP contribution is -2.40. The second-order valence-corrected chi connectivity index (χ2v) is 5.19. The molecule has 1 saturated heterocycles. The summed E-state index contributed by atoms with van der Waals surface area (Å²) in [6.07, 6.45) is 2.16. The van der Waals surface area contributed by atoms with Crippen LogP contribution in [0.1, 0.15) is 19.8 Å². The molecule has 1 rings (SSSR count). The summed E-state index contributed by atoms with van der Waals surface area (Å²) in [5.74, 6) is 1.58. The highest BCUT2D eigenvalue weighted by Crippen LogP contribution is 2.16. The first-order valence-electron chi connectivity index (χ1n) is 7.91. The van der Waals surface area contributed by atoms with E-state index < -0.39 is 0 Å². The molecule has 0 saturated carbocycles. The molecule has 1 unspecified atom stereocenters. The van der Waals surface area contributed by atoms with Gasteiger partial charge in [-0.1, -0.05) is 0 Å². The minimum Gasteiger partial charge on any atom is -0.382 e. The standard InChI is InChI=1S/C15H31N3O3/c1-4-20-9-5-7-17-15(16-2)18-8-6-14(12-18)13-21-11-10-19-3/h14H,4-13H2,1-3H3,(H,16,17). The number of hydrogen-bond acceptors (Lipinski definition) is 4. The lowest BCUT2D eigenvalue weighted by Gasteiger charge is -2.21. The minimum absolute atomic E-state index is 0.587. The van der Waals surface area contributed by atoms with Crippen LogP contribution in [-0.2, 0) is 14.2 Å². The highest BCUT2D eigenvalue weighted by atomic mass is 16.5. The maximum atomic E-state index is 5.62. The van der Waals surface area contributed by atoms with E-state index in [2.05, 4.69) is 15.2 Å². The number of aliphatic imine (C=N–C) groups is 1. The van der Waals surface area contributed by atoms with Gasteiger partial charge in [0.2, 0.25) is 0 Å². The Morgan fingerprint density at radius 2 is 2.14 bits per heavy atom. The van der Waals surface area contributed by atoms with Crippen molar-refractivity contribution in [1.82, 2.24) is 10.2 Å². The number of nitrogens with zero attached hydrogens (tertiary/aromatic N) is 2. The van der Waals surface area contributed by atoms with Crippen LogP contribution < -0.4 is 5.32 Å². The van der Waals surface area contributed by atoms with Crippen LogP contribution in [-0.4, -0.2) is 77.7 Å². The Balaban J connectivity index is 2.17. The zero-order valence-corrected chi connectivity index (χ0v) is 13.8. The second kappa shape index (κ2) is 11.8. The third-order valence-electron chi connectivity index (χ3n) is 3.54. The van der Waals surface area contributed by atoms with E-state index in [1.807, 2.05) is 14.0 Å². The van der Waals surface area contributed by atoms with E-state index in [1.54, 1.807) is 7.11 Å². The molecule has 1 heterocycles. The Morgan fingerprint density at radius 3 is 2.86 bits per heavy atom. The van der Waals surface area contributed by atoms with Crippen molar-refractivity contribution in [3.63, 3.8) is 0 Å². The van der Waals surface area contributed by atoms with E-state index in [1.165, 1.54) is 0 Å². The van der Waals surface area contributed by atoms with Crippen molar-refractivity contribution in [3.05, 3.63) is 0 Å². The fourth-order valence-corrected chi connectivity index (χ4v) is 2.40. The number of likely N-dealkylation sites (tertiary alicyclic amines) is 1. The molecule has 1 fully saturated rings. The fourth-order valence-electron chi connectivity index (χ4n) is 2.40. The van der Waals surface area contributed by atoms with Gasteiger partial charge in [-0.2, -0.15) is 0 Å². The van der Waals surface area contributed by atoms with Gasteiger partial charge in [0.15, 0.2) is 5.96 Å². The molecule has 124 valence electrons. The summed E-state index contributed by atoms with van der Waals surface area (Å²) >= 11 is 0. The van der Waals surface area contributed by atoms with E-state index >= 15 is 0 Å². The number of hydrogen-bond donors (Lipinski definition) is 1. The van der Waals surface area contributed by atoms with Crippen LogP contribution in [0.15, 0.2) is 4.99 Å². The molecule has 21 heavy (non-hydrogen) atoms. The summed E-state index contributed by atoms with van der Waals surface area (Å²) in [6.45, 7) is 8.71. The molecule has 0 aliphatic carbocycles. The van der Waals surface area contributed by atoms with Gasteiger partial charge in [0.05, 0.1) is 19.8 Å². The van der Waals surface area contributed by atoms with Crippen LogP contribution in [0.5, 0.6) is 0 Å². The van der Waals surface area contributed by atoms with Crippen LogP contribution in [0.3, 0.4) is 0 Å². The average Bonchev–Trinajstić information content (AvgIpc) is 2.96. The summed E-state index contributed by atoms with van der Waals surface area (Å²) < 4.78 is 15.9. The molecule has 0 aromatic carbocycles. The van der Waals surface area contributed by atoms with Gasteiger partial charge >= 0.3 is 0 Å². The molecule has 1 aliphatic rings. The van der Waals surface area contributed by atoms with Gasteiger partial charge < -0.3 is 24.4 Å². The van der Waals surface area contributed by atoms with Gasteiger partial charge in [-0.25, -0.2) is 0 Å². The Labute approximate surface area is 128 Å². The average molecular weight is 301 g/mol. The molecule has 1 N–H and O–H groups in total. The van der Waals surface area contributed by atoms with E-state index in [-0.39, 0.29) is 0 Å². The Morgan fingerprint density at radius 1 is 1.29 bits per heavy atom. The Kier molecular flexibility index (Phi) is 10.2. The van der Waals surface area contributed by atoms with E-state index in [9.17, 15) is 0 Å². The first-order chi connectivity index (χ1) is 10.3. The molecule has 1 aliphatic heterocycles. The van der Waals surface area contributed by atoms with Crippen molar-refractivity contribution in [2.45, 2.75) is 19.8 Å². The summed E-state index contributed by atoms with van der Waals surface area (Å²) in [5.41, 5.74) is 0. The number of ether oxygens (including phenoxy) is 3. The van der Waals surface area contributed by atoms with Gasteiger partial charge in [-0.05, 0) is 19.8 Å². The quantitative estimate of drug-likeness (QED) is 0.370. The van der Waals surface area contributed by atoms with Crippen LogP contribution in [0, 0.1) is 5.92 Å². The number of guanidine groups is 1. The largest absolute Gasteiger partial charge is 0.382 e. The molecule has 0 aromatic rings. The van der Waals surface area contributed by atoms with Gasteiger partial charge in [0.1, 0.15) is 0 Å². The minimum atomic E-state index is 0.587. The van der Waals surface area contributed by atoms with E-state index in [0.717, 1.165) is 58.3 Å². The maximum absolute atomic E-state index is 5.62. The monoisotopic (exact) mass is 301 g/mol. The van der Waals surface area contributed by atoms with Crippen LogP contribution in [0.25, 0.3) is 0 Å². The first-order valence-corrected chi connectivity index (χ1v) is 7.91. The third-order valence-corrected chi connectivity index (χ3v) is 3.54. The molecule has 0 spiro atoms. The van der Waals surface area contributed by atoms with Crippen LogP contribution in [0.4, 0.5) is 0 Å². The van der Waals surface area contributed by atoms with Crippen molar-refractivity contribution in [2.24, 2.45) is 10.9 Å². The van der Waals surface area contributed by atoms with Crippen LogP contribution in [0.2, 0.25) is 0 Å². The third kappa shape index (κ3) is 7.64. The predicted octanol–water partition coefficient (Wildman–Crippen LogP) is 0.973. The Bertz CT molecular complexity index is 287. The summed E-state index contributed by atoms with van der Waals surface area (Å²) in [4.78, 5) is 6.67. The van der Waals surface area contributed by atoms with Crippen molar-refractivity contribution >= 4 is 5.96 Å². The lowest BCUT2D eigenvalue weighted by atomic mass is 10.1. The highest BCUT2D eigenvalue weighted by molar-refractivity contribution is 5.80. The predicted molar refractivity (Wildman–Crippen MR) is 84.8 cm³/mol. The zero-order chi connectivity index (χ0) is 15.3. The molecule has 0 aromatic heterocycles. The number of rotatable bonds is 10. The topological polar surface area (TPSA) is 55.3 Å². The van der Waals surface area contributed by atoms with Gasteiger partial charge in [-0.3, -0.25) is 4.99 Å². The molecule has 0 bridgehead atoms. The lowest BCUT2D eigenvalue weighted by molar-refractivity contribution is 0.0536. The normalized spacial score (nSPS) is 19.3. The molecule has 6 nitrogen and oxygen atoms in total. The molecular weight excluding hydrogens is 270 g/mol. The number of methoxy groups -OCH3 is 1. The summed E-state index contributed by atoms with van der Waals surface area (Å²) in [5, 5.41) is 3.40. The maximum Gasteiger partial charge on any atom is 0.193 e. The van der Waals surface area contributed by atoms with Crippen molar-refractivity contribution in [2.75, 3.05) is 66.8 Å². The molecule has 1 atom stereocenters. The number of nitrogens with one attached hydrogen (secondary N) is 1. The molecule has 0 amide bonds. The van der Waals surface area contributed by atoms with Crippen molar-refractivity contribution < 1.29 is 14.2 Å². The fraction of sp³-hybridized carbons (Fsp3) is 0.933. The molecule has 6 heteroatoms. The van der Waals surface area contributed by atoms with Gasteiger partial charge in [-0.15, -0.1) is 0 Å². The Hall–Kier alpha value is -0.850. The smallest absolute Gasteiger partial charge is 0.193 e. The second-order valence-electron chi connectivity index (χ2n) is 5.19. The highest BCUT2D eigenvalue weighted by Gasteiger charge is 2.24. The van der Waals surface area contributed by atoms with Crippen molar-refractivity contribution in [3.8, 4) is 0 Å². The molecule has 0 radical (unpaired) electrons. The summed E-state index contributed by atoms with van der Waals surface area (Å²) in [7, 11) is 3.54. The van der Waals surface area contributed by atoms with E-state index in [4.69, 9.17) is 14.2 Å². The zero-order valence-electron chi connectivity index (χ0n) is 13.8. The van der Waals surface area contributed by atoms with Crippen LogP contribution >= 0.6 is 0 Å². The molecular formula is C15H31N3O3. The van der Waals surface area contributed by atoms with Gasteiger partial charge in [0, 0.05) is 52.9 Å². The van der Waals surface area contributed by atoms with Crippen molar-refractivity contribution in [1.29, 1.82) is 0 Å². The van der Waals surface area contributed by atoms with E-state index in [0.29, 0.717) is 19.1 Å². The summed E-state index contributed by atoms with van der Waals surface area (Å²) in [6, 6.07) is 0. The SMILES string of the molecule is CCOCCCNC(=NC)N1CCC(COCCOC)C1. The van der Waals surface area contributed by atoms with Gasteiger partial charge in [0.25, 0.3) is 0 Å². The first kappa shape index (κ1) is 18.2.